The van der Waals surface area contributed by atoms with Crippen LogP contribution in [0.3, 0.4) is 0 Å². The molecule has 0 aliphatic carbocycles. The average molecular weight is 674 g/mol. The minimum atomic E-state index is -0.0225. The molecule has 2 atom stereocenters. The number of allylic oxidation sites excluding steroid dienone is 2. The summed E-state index contributed by atoms with van der Waals surface area (Å²) in [5.41, 5.74) is 14.1. The standard InChI is InChI=1S/C49H43N3/c1-6-14-42-33(8-3)28-31-46-47(42)41(9-4)45(15-7-2)52(46)40-29-26-37(27-30-40)49-50-44-19-13-12-18-43(44)48(51(49)5)36-23-20-35(21-24-36)39-25-22-34-16-10-11-17-38(34)32-39/h6-32,48-50H,3-4H2,1-2,5H3/b14-6-,15-7-. The van der Waals surface area contributed by atoms with Crippen LogP contribution in [0.15, 0.2) is 153 Å². The van der Waals surface area contributed by atoms with Gasteiger partial charge in [-0.15, -0.1) is 0 Å². The van der Waals surface area contributed by atoms with Crippen molar-refractivity contribution in [2.75, 3.05) is 12.4 Å². The average Bonchev–Trinajstić information content (AvgIpc) is 3.51. The Labute approximate surface area is 307 Å². The van der Waals surface area contributed by atoms with Gasteiger partial charge >= 0.3 is 0 Å². The minimum absolute atomic E-state index is 0.0225. The normalized spacial score (nSPS) is 16.1. The van der Waals surface area contributed by atoms with Crippen LogP contribution in [0.25, 0.3) is 62.8 Å². The van der Waals surface area contributed by atoms with E-state index in [1.165, 1.54) is 44.0 Å². The van der Waals surface area contributed by atoms with Gasteiger partial charge in [-0.05, 0) is 107 Å². The van der Waals surface area contributed by atoms with Gasteiger partial charge in [-0.3, -0.25) is 4.90 Å². The van der Waals surface area contributed by atoms with Gasteiger partial charge in [0.1, 0.15) is 6.17 Å². The second-order valence-corrected chi connectivity index (χ2v) is 13.5. The van der Waals surface area contributed by atoms with E-state index in [1.807, 2.05) is 12.2 Å². The van der Waals surface area contributed by atoms with Gasteiger partial charge in [0, 0.05) is 22.3 Å². The Balaban J connectivity index is 1.16. The van der Waals surface area contributed by atoms with E-state index in [0.717, 1.165) is 39.3 Å². The molecule has 6 aromatic carbocycles. The van der Waals surface area contributed by atoms with E-state index in [4.69, 9.17) is 0 Å². The monoisotopic (exact) mass is 673 g/mol. The highest BCUT2D eigenvalue weighted by atomic mass is 15.3. The zero-order chi connectivity index (χ0) is 35.8. The van der Waals surface area contributed by atoms with Crippen molar-refractivity contribution in [2.45, 2.75) is 26.1 Å². The largest absolute Gasteiger partial charge is 0.366 e. The first kappa shape index (κ1) is 33.0. The zero-order valence-electron chi connectivity index (χ0n) is 30.1. The van der Waals surface area contributed by atoms with Gasteiger partial charge in [-0.1, -0.05) is 141 Å². The maximum atomic E-state index is 4.24. The number of benzene rings is 6. The Morgan fingerprint density at radius 3 is 2.06 bits per heavy atom. The molecular weight excluding hydrogens is 631 g/mol. The van der Waals surface area contributed by atoms with E-state index in [2.05, 4.69) is 201 Å². The Bertz CT molecular complexity index is 2510. The van der Waals surface area contributed by atoms with Crippen LogP contribution < -0.4 is 5.32 Å². The first-order chi connectivity index (χ1) is 25.5. The third-order valence-electron chi connectivity index (χ3n) is 10.5. The number of aromatic nitrogens is 1. The fourth-order valence-electron chi connectivity index (χ4n) is 8.05. The molecule has 3 heteroatoms. The Morgan fingerprint density at radius 1 is 0.635 bits per heavy atom. The quantitative estimate of drug-likeness (QED) is 0.173. The maximum Gasteiger partial charge on any atom is 0.106 e. The summed E-state index contributed by atoms with van der Waals surface area (Å²) in [6.45, 7) is 12.5. The lowest BCUT2D eigenvalue weighted by Gasteiger charge is -2.42. The number of rotatable bonds is 8. The van der Waals surface area contributed by atoms with Crippen molar-refractivity contribution < 1.29 is 0 Å². The lowest BCUT2D eigenvalue weighted by atomic mass is 9.90. The second-order valence-electron chi connectivity index (χ2n) is 13.5. The van der Waals surface area contributed by atoms with Crippen LogP contribution in [0.5, 0.6) is 0 Å². The second kappa shape index (κ2) is 13.9. The molecule has 2 unspecified atom stereocenters. The van der Waals surface area contributed by atoms with Gasteiger partial charge < -0.3 is 9.88 Å². The molecule has 1 N–H and O–H groups in total. The molecule has 0 saturated carbocycles. The Hall–Kier alpha value is -6.16. The van der Waals surface area contributed by atoms with Crippen molar-refractivity contribution in [3.8, 4) is 16.8 Å². The SMILES string of the molecule is C=Cc1ccc2c(c(C=C)c(/C=C\C)n2-c2ccc(C3Nc4ccccc4C(c4ccc(-c5ccc6ccccc6c5)cc4)N3C)cc2)c1/C=C\C. The summed E-state index contributed by atoms with van der Waals surface area (Å²) in [6, 6.07) is 46.6. The molecule has 1 aliphatic rings. The number of nitrogens with one attached hydrogen (secondary N) is 1. The highest BCUT2D eigenvalue weighted by Crippen LogP contribution is 2.44. The van der Waals surface area contributed by atoms with Gasteiger partial charge in [0.05, 0.1) is 17.3 Å². The highest BCUT2D eigenvalue weighted by molar-refractivity contribution is 6.02. The van der Waals surface area contributed by atoms with Gasteiger partial charge in [0.15, 0.2) is 0 Å². The Morgan fingerprint density at radius 2 is 1.33 bits per heavy atom. The molecule has 0 amide bonds. The first-order valence-corrected chi connectivity index (χ1v) is 18.0. The minimum Gasteiger partial charge on any atom is -0.366 e. The van der Waals surface area contributed by atoms with E-state index in [0.29, 0.717) is 0 Å². The number of para-hydroxylation sites is 1. The number of hydrogen-bond acceptors (Lipinski definition) is 2. The summed E-state index contributed by atoms with van der Waals surface area (Å²) in [5.74, 6) is 0. The van der Waals surface area contributed by atoms with Crippen LogP contribution in [-0.4, -0.2) is 16.5 Å². The molecule has 1 aromatic heterocycles. The number of fused-ring (bicyclic) bond motifs is 3. The molecule has 3 nitrogen and oxygen atoms in total. The topological polar surface area (TPSA) is 20.2 Å². The number of anilines is 1. The molecule has 1 aliphatic heterocycles. The molecule has 52 heavy (non-hydrogen) atoms. The van der Waals surface area contributed by atoms with Crippen molar-refractivity contribution in [3.05, 3.63) is 192 Å². The summed E-state index contributed by atoms with van der Waals surface area (Å²) < 4.78 is 2.35. The van der Waals surface area contributed by atoms with Crippen LogP contribution in [0.1, 0.15) is 65.1 Å². The van der Waals surface area contributed by atoms with E-state index in [9.17, 15) is 0 Å². The first-order valence-electron chi connectivity index (χ1n) is 18.0. The van der Waals surface area contributed by atoms with Gasteiger partial charge in [0.25, 0.3) is 0 Å². The molecule has 8 rings (SSSR count). The van der Waals surface area contributed by atoms with Gasteiger partial charge in [-0.2, -0.15) is 0 Å². The highest BCUT2D eigenvalue weighted by Gasteiger charge is 2.33. The number of nitrogens with zero attached hydrogens (tertiary/aromatic N) is 2. The maximum absolute atomic E-state index is 4.24. The summed E-state index contributed by atoms with van der Waals surface area (Å²) in [5, 5.41) is 7.57. The van der Waals surface area contributed by atoms with Crippen LogP contribution in [0, 0.1) is 0 Å². The summed E-state index contributed by atoms with van der Waals surface area (Å²) in [7, 11) is 2.23. The van der Waals surface area contributed by atoms with Crippen LogP contribution in [0.2, 0.25) is 0 Å². The smallest absolute Gasteiger partial charge is 0.106 e. The lowest BCUT2D eigenvalue weighted by Crippen LogP contribution is -2.38. The summed E-state index contributed by atoms with van der Waals surface area (Å²) in [4.78, 5) is 2.45. The van der Waals surface area contributed by atoms with Gasteiger partial charge in [-0.25, -0.2) is 0 Å². The van der Waals surface area contributed by atoms with E-state index in [-0.39, 0.29) is 12.2 Å². The van der Waals surface area contributed by atoms with E-state index >= 15 is 0 Å². The van der Waals surface area contributed by atoms with Gasteiger partial charge in [0.2, 0.25) is 0 Å². The van der Waals surface area contributed by atoms with Crippen molar-refractivity contribution in [2.24, 2.45) is 0 Å². The fourth-order valence-corrected chi connectivity index (χ4v) is 8.05. The van der Waals surface area contributed by atoms with Crippen LogP contribution >= 0.6 is 0 Å². The molecule has 0 radical (unpaired) electrons. The zero-order valence-corrected chi connectivity index (χ0v) is 30.1. The predicted molar refractivity (Wildman–Crippen MR) is 225 cm³/mol. The van der Waals surface area contributed by atoms with Crippen molar-refractivity contribution in [3.63, 3.8) is 0 Å². The molecule has 2 heterocycles. The van der Waals surface area contributed by atoms with Crippen molar-refractivity contribution in [1.82, 2.24) is 9.47 Å². The van der Waals surface area contributed by atoms with E-state index in [1.54, 1.807) is 0 Å². The molecule has 0 spiro atoms. The van der Waals surface area contributed by atoms with Crippen LogP contribution in [0.4, 0.5) is 5.69 Å². The van der Waals surface area contributed by atoms with Crippen molar-refractivity contribution >= 4 is 51.7 Å². The van der Waals surface area contributed by atoms with Crippen molar-refractivity contribution in [1.29, 1.82) is 0 Å². The van der Waals surface area contributed by atoms with Crippen LogP contribution in [-0.2, 0) is 0 Å². The number of hydrogen-bond donors (Lipinski definition) is 1. The third kappa shape index (κ3) is 5.60. The molecule has 7 aromatic rings. The molecule has 0 fully saturated rings. The Kier molecular flexibility index (Phi) is 8.80. The molecule has 0 saturated heterocycles. The lowest BCUT2D eigenvalue weighted by molar-refractivity contribution is 0.209. The van der Waals surface area contributed by atoms with E-state index < -0.39 is 0 Å². The third-order valence-corrected chi connectivity index (χ3v) is 10.5. The summed E-state index contributed by atoms with van der Waals surface area (Å²) in [6.07, 6.45) is 12.4. The predicted octanol–water partition coefficient (Wildman–Crippen LogP) is 12.9. The molecule has 254 valence electrons. The summed E-state index contributed by atoms with van der Waals surface area (Å²) >= 11 is 0. The molecular formula is C49H43N3. The fraction of sp³-hybridized carbons (Fsp3) is 0.102. The molecule has 0 bridgehead atoms.